The molecular weight excluding hydrogens is 264 g/mol. The molecule has 18 heavy (non-hydrogen) atoms. The first-order valence-electron chi connectivity index (χ1n) is 6.57. The fraction of sp³-hybridized carbons (Fsp3) is 0.833. The molecular formula is C12H22N4S2. The molecule has 1 aliphatic rings. The van der Waals surface area contributed by atoms with E-state index in [4.69, 9.17) is 0 Å². The predicted molar refractivity (Wildman–Crippen MR) is 79.8 cm³/mol. The molecule has 0 bridgehead atoms. The molecule has 4 nitrogen and oxygen atoms in total. The molecule has 0 amide bonds. The number of hydrogen-bond donors (Lipinski definition) is 1. The summed E-state index contributed by atoms with van der Waals surface area (Å²) in [5.74, 6) is 2.01. The molecule has 1 atom stereocenters. The lowest BCUT2D eigenvalue weighted by Crippen LogP contribution is -2.33. The van der Waals surface area contributed by atoms with E-state index in [1.54, 1.807) is 11.3 Å². The fourth-order valence-corrected chi connectivity index (χ4v) is 3.77. The third-order valence-electron chi connectivity index (χ3n) is 3.01. The maximum atomic E-state index is 4.23. The van der Waals surface area contributed by atoms with Crippen LogP contribution in [0.5, 0.6) is 0 Å². The highest BCUT2D eigenvalue weighted by Crippen LogP contribution is 2.36. The summed E-state index contributed by atoms with van der Waals surface area (Å²) in [6.45, 7) is 3.35. The van der Waals surface area contributed by atoms with Gasteiger partial charge in [0.2, 0.25) is 5.13 Å². The van der Waals surface area contributed by atoms with Crippen molar-refractivity contribution in [1.29, 1.82) is 0 Å². The van der Waals surface area contributed by atoms with E-state index in [2.05, 4.69) is 22.4 Å². The number of aromatic nitrogens is 2. The molecule has 1 aromatic heterocycles. The molecule has 1 saturated carbocycles. The van der Waals surface area contributed by atoms with Crippen LogP contribution in [-0.4, -0.2) is 42.6 Å². The molecule has 1 aromatic rings. The summed E-state index contributed by atoms with van der Waals surface area (Å²) < 4.78 is 1.09. The van der Waals surface area contributed by atoms with Crippen LogP contribution in [0.15, 0.2) is 4.34 Å². The number of hydrogen-bond acceptors (Lipinski definition) is 6. The van der Waals surface area contributed by atoms with Crippen LogP contribution in [0.3, 0.4) is 0 Å². The van der Waals surface area contributed by atoms with Gasteiger partial charge in [0.15, 0.2) is 4.34 Å². The van der Waals surface area contributed by atoms with Crippen molar-refractivity contribution in [3.63, 3.8) is 0 Å². The average molecular weight is 286 g/mol. The van der Waals surface area contributed by atoms with Crippen molar-refractivity contribution in [2.24, 2.45) is 5.92 Å². The first kappa shape index (κ1) is 14.1. The van der Waals surface area contributed by atoms with Crippen molar-refractivity contribution in [2.75, 3.05) is 31.3 Å². The lowest BCUT2D eigenvalue weighted by Gasteiger charge is -2.16. The maximum Gasteiger partial charge on any atom is 0.208 e. The molecule has 6 heteroatoms. The smallest absolute Gasteiger partial charge is 0.208 e. The molecule has 2 rings (SSSR count). The Morgan fingerprint density at radius 2 is 2.22 bits per heavy atom. The summed E-state index contributed by atoms with van der Waals surface area (Å²) in [5, 5.41) is 13.0. The molecule has 0 saturated heterocycles. The largest absolute Gasteiger partial charge is 0.353 e. The van der Waals surface area contributed by atoms with Gasteiger partial charge in [-0.2, -0.15) is 0 Å². The van der Waals surface area contributed by atoms with E-state index in [0.29, 0.717) is 6.04 Å². The molecule has 0 radical (unpaired) electrons. The van der Waals surface area contributed by atoms with Gasteiger partial charge in [0.05, 0.1) is 0 Å². The lowest BCUT2D eigenvalue weighted by atomic mass is 10.2. The van der Waals surface area contributed by atoms with Gasteiger partial charge in [-0.3, -0.25) is 0 Å². The van der Waals surface area contributed by atoms with Gasteiger partial charge in [-0.1, -0.05) is 30.0 Å². The first-order chi connectivity index (χ1) is 8.70. The number of nitrogens with zero attached hydrogens (tertiary/aromatic N) is 3. The maximum absolute atomic E-state index is 4.23. The van der Waals surface area contributed by atoms with Crippen LogP contribution in [0, 0.1) is 5.92 Å². The Morgan fingerprint density at radius 3 is 2.78 bits per heavy atom. The highest BCUT2D eigenvalue weighted by atomic mass is 32.2. The number of nitrogens with one attached hydrogen (secondary N) is 1. The quantitative estimate of drug-likeness (QED) is 0.744. The molecule has 1 N–H and O–H groups in total. The van der Waals surface area contributed by atoms with E-state index < -0.39 is 0 Å². The molecule has 1 heterocycles. The predicted octanol–water partition coefficient (Wildman–Crippen LogP) is 2.47. The van der Waals surface area contributed by atoms with Crippen LogP contribution in [0.25, 0.3) is 0 Å². The topological polar surface area (TPSA) is 41.1 Å². The Kier molecular flexibility index (Phi) is 5.26. The Balaban J connectivity index is 1.80. The summed E-state index contributed by atoms with van der Waals surface area (Å²) in [4.78, 5) is 2.01. The standard InChI is InChI=1S/C12H22N4S2/c1-4-7-13-10(9-5-6-9)8-17-12-15-14-11(18-12)16(2)3/h9-10,13H,4-8H2,1-3H3. The summed E-state index contributed by atoms with van der Waals surface area (Å²) in [5.41, 5.74) is 0. The van der Waals surface area contributed by atoms with E-state index in [0.717, 1.165) is 27.7 Å². The van der Waals surface area contributed by atoms with E-state index >= 15 is 0 Å². The minimum Gasteiger partial charge on any atom is -0.353 e. The third kappa shape index (κ3) is 4.10. The second-order valence-electron chi connectivity index (χ2n) is 4.95. The van der Waals surface area contributed by atoms with Crippen LogP contribution >= 0.6 is 23.1 Å². The van der Waals surface area contributed by atoms with E-state index in [1.807, 2.05) is 30.8 Å². The van der Waals surface area contributed by atoms with E-state index in [1.165, 1.54) is 19.3 Å². The van der Waals surface area contributed by atoms with Crippen LogP contribution in [0.2, 0.25) is 0 Å². The Hall–Kier alpha value is -0.330. The normalized spacial score (nSPS) is 16.8. The molecule has 1 aliphatic carbocycles. The number of thioether (sulfide) groups is 1. The van der Waals surface area contributed by atoms with Crippen LogP contribution in [0.1, 0.15) is 26.2 Å². The highest BCUT2D eigenvalue weighted by Gasteiger charge is 2.30. The van der Waals surface area contributed by atoms with Gasteiger partial charge in [-0.15, -0.1) is 10.2 Å². The molecule has 0 aliphatic heterocycles. The van der Waals surface area contributed by atoms with Gasteiger partial charge in [0, 0.05) is 25.9 Å². The van der Waals surface area contributed by atoms with Crippen molar-refractivity contribution < 1.29 is 0 Å². The van der Waals surface area contributed by atoms with Gasteiger partial charge in [0.1, 0.15) is 0 Å². The van der Waals surface area contributed by atoms with Gasteiger partial charge in [0.25, 0.3) is 0 Å². The van der Waals surface area contributed by atoms with Crippen LogP contribution in [0.4, 0.5) is 5.13 Å². The molecule has 1 fully saturated rings. The fourth-order valence-electron chi connectivity index (χ4n) is 1.79. The van der Waals surface area contributed by atoms with Gasteiger partial charge < -0.3 is 10.2 Å². The van der Waals surface area contributed by atoms with Gasteiger partial charge in [-0.25, -0.2) is 0 Å². The molecule has 0 spiro atoms. The minimum absolute atomic E-state index is 0.654. The van der Waals surface area contributed by atoms with Gasteiger partial charge >= 0.3 is 0 Å². The number of rotatable bonds is 8. The third-order valence-corrected chi connectivity index (χ3v) is 5.36. The number of anilines is 1. The second-order valence-corrected chi connectivity index (χ2v) is 7.18. The monoisotopic (exact) mass is 286 g/mol. The van der Waals surface area contributed by atoms with Crippen molar-refractivity contribution in [3.8, 4) is 0 Å². The average Bonchev–Trinajstić information content (AvgIpc) is 3.07. The second kappa shape index (κ2) is 6.73. The summed E-state index contributed by atoms with van der Waals surface area (Å²) in [6.07, 6.45) is 3.99. The zero-order chi connectivity index (χ0) is 13.0. The van der Waals surface area contributed by atoms with Crippen LogP contribution in [-0.2, 0) is 0 Å². The van der Waals surface area contributed by atoms with E-state index in [-0.39, 0.29) is 0 Å². The van der Waals surface area contributed by atoms with Crippen molar-refractivity contribution in [1.82, 2.24) is 15.5 Å². The zero-order valence-electron chi connectivity index (χ0n) is 11.3. The first-order valence-corrected chi connectivity index (χ1v) is 8.38. The highest BCUT2D eigenvalue weighted by molar-refractivity contribution is 8.01. The lowest BCUT2D eigenvalue weighted by molar-refractivity contribution is 0.503. The molecule has 1 unspecified atom stereocenters. The minimum atomic E-state index is 0.654. The Bertz CT molecular complexity index is 363. The SMILES string of the molecule is CCCNC(CSc1nnc(N(C)C)s1)C1CC1. The Labute approximate surface area is 118 Å². The summed E-state index contributed by atoms with van der Waals surface area (Å²) in [6, 6.07) is 0.654. The summed E-state index contributed by atoms with van der Waals surface area (Å²) >= 11 is 3.52. The van der Waals surface area contributed by atoms with E-state index in [9.17, 15) is 0 Å². The van der Waals surface area contributed by atoms with Gasteiger partial charge in [-0.05, 0) is 31.7 Å². The zero-order valence-corrected chi connectivity index (χ0v) is 13.0. The molecule has 0 aromatic carbocycles. The molecule has 102 valence electrons. The van der Waals surface area contributed by atoms with Crippen molar-refractivity contribution >= 4 is 28.2 Å². The Morgan fingerprint density at radius 1 is 1.44 bits per heavy atom. The summed E-state index contributed by atoms with van der Waals surface area (Å²) in [7, 11) is 4.01. The van der Waals surface area contributed by atoms with Crippen LogP contribution < -0.4 is 10.2 Å². The van der Waals surface area contributed by atoms with Crippen molar-refractivity contribution in [2.45, 2.75) is 36.6 Å². The van der Waals surface area contributed by atoms with Crippen molar-refractivity contribution in [3.05, 3.63) is 0 Å².